The van der Waals surface area contributed by atoms with Crippen LogP contribution in [0.2, 0.25) is 0 Å². The van der Waals surface area contributed by atoms with Crippen LogP contribution in [0, 0.1) is 18.3 Å². The standard InChI is InChI=1S/C32H52N6O3S/c1-23-19-25(42-22-23)20-34-29(39)26-21-38(30(40)28(9-5-6-15-33)35-24-7-3-2-4-8-24)16-10-27(26)36-31(41)37-17-13-32(11-12-32)14-18-37/h19,22,24,26-28,35H,2-18,20-21,33H2,1H3,(H,34,39)(H,36,41)/t26-,27+,28?/m0/s1. The molecule has 1 aromatic heterocycles. The van der Waals surface area contributed by atoms with E-state index in [0.29, 0.717) is 44.1 Å². The Balaban J connectivity index is 1.24. The Kier molecular flexibility index (Phi) is 10.8. The topological polar surface area (TPSA) is 120 Å². The molecular weight excluding hydrogens is 548 g/mol. The summed E-state index contributed by atoms with van der Waals surface area (Å²) in [5, 5.41) is 12.1. The fraction of sp³-hybridized carbons (Fsp3) is 0.781. The molecule has 1 unspecified atom stereocenters. The van der Waals surface area contributed by atoms with Crippen LogP contribution in [-0.2, 0) is 16.1 Å². The molecule has 4 amide bonds. The van der Waals surface area contributed by atoms with Gasteiger partial charge in [0.1, 0.15) is 0 Å². The van der Waals surface area contributed by atoms with Crippen molar-refractivity contribution in [2.75, 3.05) is 32.7 Å². The van der Waals surface area contributed by atoms with E-state index in [4.69, 9.17) is 5.73 Å². The molecule has 2 saturated heterocycles. The molecule has 4 fully saturated rings. The van der Waals surface area contributed by atoms with Gasteiger partial charge in [0, 0.05) is 43.1 Å². The summed E-state index contributed by atoms with van der Waals surface area (Å²) in [6.07, 6.45) is 13.8. The summed E-state index contributed by atoms with van der Waals surface area (Å²) in [5.41, 5.74) is 7.45. The Morgan fingerprint density at radius 3 is 2.45 bits per heavy atom. The van der Waals surface area contributed by atoms with Crippen LogP contribution in [0.4, 0.5) is 4.79 Å². The van der Waals surface area contributed by atoms with Gasteiger partial charge in [-0.3, -0.25) is 9.59 Å². The number of likely N-dealkylation sites (tertiary alicyclic amines) is 2. The molecule has 5 rings (SSSR count). The predicted octanol–water partition coefficient (Wildman–Crippen LogP) is 3.90. The van der Waals surface area contributed by atoms with E-state index >= 15 is 0 Å². The molecule has 0 bridgehead atoms. The first kappa shape index (κ1) is 31.3. The van der Waals surface area contributed by atoms with Crippen molar-refractivity contribution < 1.29 is 14.4 Å². The number of hydrogen-bond donors (Lipinski definition) is 4. The van der Waals surface area contributed by atoms with Crippen LogP contribution in [0.5, 0.6) is 0 Å². The van der Waals surface area contributed by atoms with E-state index in [2.05, 4.69) is 34.3 Å². The minimum Gasteiger partial charge on any atom is -0.351 e. The van der Waals surface area contributed by atoms with Gasteiger partial charge in [-0.25, -0.2) is 4.79 Å². The van der Waals surface area contributed by atoms with E-state index in [-0.39, 0.29) is 29.9 Å². The van der Waals surface area contributed by atoms with Crippen molar-refractivity contribution in [3.05, 3.63) is 21.9 Å². The zero-order valence-electron chi connectivity index (χ0n) is 25.5. The number of nitrogens with two attached hydrogens (primary N) is 1. The first-order valence-electron chi connectivity index (χ1n) is 16.5. The molecule has 1 aromatic rings. The molecule has 234 valence electrons. The summed E-state index contributed by atoms with van der Waals surface area (Å²) in [7, 11) is 0. The highest BCUT2D eigenvalue weighted by atomic mass is 32.1. The Morgan fingerprint density at radius 2 is 1.79 bits per heavy atom. The fourth-order valence-electron chi connectivity index (χ4n) is 7.14. The molecular formula is C32H52N6O3S. The first-order chi connectivity index (χ1) is 20.4. The molecule has 2 aliphatic carbocycles. The quantitative estimate of drug-likeness (QED) is 0.287. The van der Waals surface area contributed by atoms with Gasteiger partial charge in [0.2, 0.25) is 11.8 Å². The van der Waals surface area contributed by atoms with Crippen molar-refractivity contribution >= 4 is 29.2 Å². The van der Waals surface area contributed by atoms with E-state index < -0.39 is 5.92 Å². The van der Waals surface area contributed by atoms with Gasteiger partial charge in [0.25, 0.3) is 0 Å². The van der Waals surface area contributed by atoms with E-state index in [9.17, 15) is 14.4 Å². The van der Waals surface area contributed by atoms with Crippen LogP contribution in [0.15, 0.2) is 11.4 Å². The van der Waals surface area contributed by atoms with Gasteiger partial charge in [0.15, 0.2) is 0 Å². The number of amides is 4. The zero-order valence-corrected chi connectivity index (χ0v) is 26.3. The second-order valence-corrected chi connectivity index (χ2v) is 14.4. The number of hydrogen-bond acceptors (Lipinski definition) is 6. The van der Waals surface area contributed by atoms with Gasteiger partial charge in [-0.2, -0.15) is 0 Å². The maximum atomic E-state index is 14.0. The first-order valence-corrected chi connectivity index (χ1v) is 17.4. The van der Waals surface area contributed by atoms with Crippen molar-refractivity contribution in [3.63, 3.8) is 0 Å². The highest BCUT2D eigenvalue weighted by Gasteiger charge is 2.46. The Morgan fingerprint density at radius 1 is 1.02 bits per heavy atom. The number of nitrogens with zero attached hydrogens (tertiary/aromatic N) is 2. The highest BCUT2D eigenvalue weighted by molar-refractivity contribution is 7.10. The van der Waals surface area contributed by atoms with Crippen molar-refractivity contribution in [2.24, 2.45) is 17.1 Å². The molecule has 0 aromatic carbocycles. The van der Waals surface area contributed by atoms with Crippen molar-refractivity contribution in [2.45, 2.75) is 115 Å². The Labute approximate surface area is 255 Å². The van der Waals surface area contributed by atoms with Gasteiger partial charge < -0.3 is 31.5 Å². The average molecular weight is 601 g/mol. The molecule has 2 aliphatic heterocycles. The van der Waals surface area contributed by atoms with Gasteiger partial charge >= 0.3 is 6.03 Å². The third-order valence-corrected chi connectivity index (χ3v) is 11.2. The minimum atomic E-state index is -0.494. The Hall–Kier alpha value is -2.17. The highest BCUT2D eigenvalue weighted by Crippen LogP contribution is 2.53. The van der Waals surface area contributed by atoms with Crippen molar-refractivity contribution in [3.8, 4) is 0 Å². The van der Waals surface area contributed by atoms with Crippen LogP contribution >= 0.6 is 11.3 Å². The number of carbonyl (C=O) groups is 3. The molecule has 42 heavy (non-hydrogen) atoms. The number of urea groups is 1. The van der Waals surface area contributed by atoms with Gasteiger partial charge in [-0.1, -0.05) is 25.7 Å². The lowest BCUT2D eigenvalue weighted by Gasteiger charge is -2.41. The molecule has 3 atom stereocenters. The van der Waals surface area contributed by atoms with E-state index in [1.807, 2.05) is 9.80 Å². The van der Waals surface area contributed by atoms with Crippen LogP contribution in [0.3, 0.4) is 0 Å². The third kappa shape index (κ3) is 8.26. The minimum absolute atomic E-state index is 0.0689. The van der Waals surface area contributed by atoms with Gasteiger partial charge in [-0.05, 0) is 93.7 Å². The summed E-state index contributed by atoms with van der Waals surface area (Å²) < 4.78 is 0. The number of unbranched alkanes of at least 4 members (excludes halogenated alkanes) is 1. The lowest BCUT2D eigenvalue weighted by molar-refractivity contribution is -0.138. The normalized spacial score (nSPS) is 24.8. The van der Waals surface area contributed by atoms with Crippen molar-refractivity contribution in [1.82, 2.24) is 25.8 Å². The van der Waals surface area contributed by atoms with Crippen LogP contribution in [-0.4, -0.2) is 78.5 Å². The monoisotopic (exact) mass is 600 g/mol. The van der Waals surface area contributed by atoms with Crippen molar-refractivity contribution in [1.29, 1.82) is 0 Å². The lowest BCUT2D eigenvalue weighted by Crippen LogP contribution is -2.61. The smallest absolute Gasteiger partial charge is 0.317 e. The van der Waals surface area contributed by atoms with Gasteiger partial charge in [0.05, 0.1) is 18.5 Å². The largest absolute Gasteiger partial charge is 0.351 e. The summed E-state index contributed by atoms with van der Waals surface area (Å²) in [6.45, 7) is 5.57. The number of rotatable bonds is 11. The van der Waals surface area contributed by atoms with E-state index in [1.165, 1.54) is 37.7 Å². The molecule has 1 spiro atoms. The second-order valence-electron chi connectivity index (χ2n) is 13.4. The lowest BCUT2D eigenvalue weighted by atomic mass is 9.89. The summed E-state index contributed by atoms with van der Waals surface area (Å²) >= 11 is 1.64. The molecule has 2 saturated carbocycles. The molecule has 4 aliphatic rings. The van der Waals surface area contributed by atoms with Gasteiger partial charge in [-0.15, -0.1) is 11.3 Å². The predicted molar refractivity (Wildman–Crippen MR) is 167 cm³/mol. The van der Waals surface area contributed by atoms with E-state index in [1.54, 1.807) is 11.3 Å². The number of thiophene rings is 1. The number of nitrogens with one attached hydrogen (secondary N) is 3. The maximum absolute atomic E-state index is 14.0. The van der Waals surface area contributed by atoms with Crippen LogP contribution < -0.4 is 21.7 Å². The number of aryl methyl sites for hydroxylation is 1. The van der Waals surface area contributed by atoms with E-state index in [0.717, 1.165) is 62.9 Å². The van der Waals surface area contributed by atoms with Crippen LogP contribution in [0.25, 0.3) is 0 Å². The Bertz CT molecular complexity index is 1060. The number of piperidine rings is 2. The fourth-order valence-corrected chi connectivity index (χ4v) is 7.95. The second kappa shape index (κ2) is 14.5. The summed E-state index contributed by atoms with van der Waals surface area (Å²) in [5.74, 6) is -0.509. The number of carbonyl (C=O) groups excluding carboxylic acids is 3. The zero-order chi connectivity index (χ0) is 29.5. The molecule has 3 heterocycles. The third-order valence-electron chi connectivity index (χ3n) is 10.1. The summed E-state index contributed by atoms with van der Waals surface area (Å²) in [4.78, 5) is 45.9. The maximum Gasteiger partial charge on any atom is 0.317 e. The molecule has 9 nitrogen and oxygen atoms in total. The SMILES string of the molecule is Cc1csc(CNC(=O)[C@H]2CN(C(=O)C(CCCCN)NC3CCCCC3)CC[C@H]2NC(=O)N2CCC3(CC2)CC3)c1. The molecule has 0 radical (unpaired) electrons. The summed E-state index contributed by atoms with van der Waals surface area (Å²) in [6, 6.07) is 1.83. The molecule has 5 N–H and O–H groups in total. The van der Waals surface area contributed by atoms with Crippen LogP contribution in [0.1, 0.15) is 93.9 Å². The average Bonchev–Trinajstić information content (AvgIpc) is 3.62. The molecule has 10 heteroatoms.